The lowest BCUT2D eigenvalue weighted by Gasteiger charge is -2.11. The summed E-state index contributed by atoms with van der Waals surface area (Å²) in [7, 11) is 0. The molecule has 0 aliphatic heterocycles. The van der Waals surface area contributed by atoms with Crippen LogP contribution >= 0.6 is 0 Å². The third-order valence-corrected chi connectivity index (χ3v) is 2.52. The van der Waals surface area contributed by atoms with Crippen molar-refractivity contribution in [1.29, 1.82) is 0 Å². The fourth-order valence-corrected chi connectivity index (χ4v) is 1.70. The van der Waals surface area contributed by atoms with Gasteiger partial charge in [0.1, 0.15) is 0 Å². The summed E-state index contributed by atoms with van der Waals surface area (Å²) in [6.07, 6.45) is 0.311. The molecule has 0 fully saturated rings. The van der Waals surface area contributed by atoms with Crippen LogP contribution in [0.4, 0.5) is 5.69 Å². The molecule has 0 aliphatic carbocycles. The average Bonchev–Trinajstić information content (AvgIpc) is 2.27. The molecule has 0 heterocycles. The lowest BCUT2D eigenvalue weighted by atomic mass is 10.1. The molecule has 0 spiro atoms. The van der Waals surface area contributed by atoms with Gasteiger partial charge in [-0.1, -0.05) is 6.07 Å². The highest BCUT2D eigenvalue weighted by Gasteiger charge is 2.10. The fourth-order valence-electron chi connectivity index (χ4n) is 1.70. The number of anilines is 1. The molecule has 5 heteroatoms. The van der Waals surface area contributed by atoms with Crippen molar-refractivity contribution in [1.82, 2.24) is 5.32 Å². The van der Waals surface area contributed by atoms with Gasteiger partial charge in [0.15, 0.2) is 0 Å². The van der Waals surface area contributed by atoms with Crippen LogP contribution in [0.3, 0.4) is 0 Å². The number of hydrogen-bond donors (Lipinski definition) is 3. The number of aryl methyl sites for hydroxylation is 1. The SMILES string of the molecule is Cc1ccc(C(=O)O)c(NCCC(=O)NC(C)C)c1. The zero-order chi connectivity index (χ0) is 14.4. The molecule has 0 saturated heterocycles. The summed E-state index contributed by atoms with van der Waals surface area (Å²) >= 11 is 0. The standard InChI is InChI=1S/C14H20N2O3/c1-9(2)16-13(17)6-7-15-12-8-10(3)4-5-11(12)14(18)19/h4-5,8-9,15H,6-7H2,1-3H3,(H,16,17)(H,18,19). The second kappa shape index (κ2) is 6.78. The van der Waals surface area contributed by atoms with Crippen LogP contribution in [0.25, 0.3) is 0 Å². The monoisotopic (exact) mass is 264 g/mol. The highest BCUT2D eigenvalue weighted by molar-refractivity contribution is 5.94. The van der Waals surface area contributed by atoms with Crippen molar-refractivity contribution in [2.24, 2.45) is 0 Å². The Morgan fingerprint density at radius 2 is 2.00 bits per heavy atom. The smallest absolute Gasteiger partial charge is 0.337 e. The molecule has 1 aromatic carbocycles. The molecule has 19 heavy (non-hydrogen) atoms. The number of carboxylic acids is 1. The number of hydrogen-bond acceptors (Lipinski definition) is 3. The summed E-state index contributed by atoms with van der Waals surface area (Å²) < 4.78 is 0. The largest absolute Gasteiger partial charge is 0.478 e. The van der Waals surface area contributed by atoms with E-state index in [4.69, 9.17) is 5.11 Å². The molecule has 1 aromatic rings. The third kappa shape index (κ3) is 4.99. The van der Waals surface area contributed by atoms with E-state index in [1.165, 1.54) is 0 Å². The molecule has 0 atom stereocenters. The molecule has 0 saturated carbocycles. The summed E-state index contributed by atoms with van der Waals surface area (Å²) in [5, 5.41) is 14.8. The first-order valence-electron chi connectivity index (χ1n) is 6.27. The van der Waals surface area contributed by atoms with Crippen LogP contribution < -0.4 is 10.6 Å². The molecule has 0 aromatic heterocycles. The van der Waals surface area contributed by atoms with Gasteiger partial charge in [-0.3, -0.25) is 4.79 Å². The number of amides is 1. The number of nitrogens with one attached hydrogen (secondary N) is 2. The van der Waals surface area contributed by atoms with Crippen molar-refractivity contribution in [3.8, 4) is 0 Å². The van der Waals surface area contributed by atoms with Crippen molar-refractivity contribution in [3.05, 3.63) is 29.3 Å². The van der Waals surface area contributed by atoms with Crippen LogP contribution in [0, 0.1) is 6.92 Å². The lowest BCUT2D eigenvalue weighted by molar-refractivity contribution is -0.121. The molecule has 0 unspecified atom stereocenters. The Morgan fingerprint density at radius 1 is 1.32 bits per heavy atom. The number of carboxylic acid groups (broad SMARTS) is 1. The van der Waals surface area contributed by atoms with E-state index in [0.717, 1.165) is 5.56 Å². The molecule has 1 rings (SSSR count). The minimum atomic E-state index is -0.978. The van der Waals surface area contributed by atoms with E-state index in [1.54, 1.807) is 18.2 Å². The number of carbonyl (C=O) groups excluding carboxylic acids is 1. The summed E-state index contributed by atoms with van der Waals surface area (Å²) in [6, 6.07) is 5.19. The fraction of sp³-hybridized carbons (Fsp3) is 0.429. The van der Waals surface area contributed by atoms with Gasteiger partial charge in [-0.2, -0.15) is 0 Å². The second-order valence-electron chi connectivity index (χ2n) is 4.75. The summed E-state index contributed by atoms with van der Waals surface area (Å²) in [5.41, 5.74) is 1.74. The van der Waals surface area contributed by atoms with E-state index in [1.807, 2.05) is 20.8 Å². The van der Waals surface area contributed by atoms with E-state index in [0.29, 0.717) is 18.7 Å². The lowest BCUT2D eigenvalue weighted by Crippen LogP contribution is -2.31. The van der Waals surface area contributed by atoms with Gasteiger partial charge in [0, 0.05) is 24.7 Å². The first-order chi connectivity index (χ1) is 8.90. The Morgan fingerprint density at radius 3 is 2.58 bits per heavy atom. The first kappa shape index (κ1) is 15.0. The van der Waals surface area contributed by atoms with Crippen LogP contribution in [0.1, 0.15) is 36.2 Å². The van der Waals surface area contributed by atoms with Gasteiger partial charge >= 0.3 is 5.97 Å². The van der Waals surface area contributed by atoms with Crippen LogP contribution in [0.5, 0.6) is 0 Å². The van der Waals surface area contributed by atoms with Crippen LogP contribution in [-0.4, -0.2) is 29.6 Å². The maximum atomic E-state index is 11.5. The van der Waals surface area contributed by atoms with Gasteiger partial charge < -0.3 is 15.7 Å². The summed E-state index contributed by atoms with van der Waals surface area (Å²) in [4.78, 5) is 22.5. The van der Waals surface area contributed by atoms with Gasteiger partial charge in [0.25, 0.3) is 0 Å². The van der Waals surface area contributed by atoms with Gasteiger partial charge in [-0.05, 0) is 38.5 Å². The van der Waals surface area contributed by atoms with Crippen molar-refractivity contribution in [2.75, 3.05) is 11.9 Å². The number of carbonyl (C=O) groups is 2. The van der Waals surface area contributed by atoms with E-state index < -0.39 is 5.97 Å². The molecule has 3 N–H and O–H groups in total. The predicted octanol–water partition coefficient (Wildman–Crippen LogP) is 2.02. The molecule has 1 amide bonds. The molecule has 0 bridgehead atoms. The minimum absolute atomic E-state index is 0.0490. The summed E-state index contributed by atoms with van der Waals surface area (Å²) in [5.74, 6) is -1.03. The van der Waals surface area contributed by atoms with Crippen LogP contribution in [0.2, 0.25) is 0 Å². The zero-order valence-electron chi connectivity index (χ0n) is 11.5. The Labute approximate surface area is 113 Å². The number of aromatic carboxylic acids is 1. The van der Waals surface area contributed by atoms with Gasteiger partial charge in [-0.25, -0.2) is 4.79 Å². The summed E-state index contributed by atoms with van der Waals surface area (Å²) in [6.45, 7) is 6.09. The Kier molecular flexibility index (Phi) is 5.36. The van der Waals surface area contributed by atoms with E-state index in [9.17, 15) is 9.59 Å². The molecular formula is C14H20N2O3. The maximum absolute atomic E-state index is 11.5. The highest BCUT2D eigenvalue weighted by atomic mass is 16.4. The second-order valence-corrected chi connectivity index (χ2v) is 4.75. The molecule has 0 radical (unpaired) electrons. The number of rotatable bonds is 6. The van der Waals surface area contributed by atoms with Crippen molar-refractivity contribution < 1.29 is 14.7 Å². The van der Waals surface area contributed by atoms with Gasteiger partial charge in [0.05, 0.1) is 5.56 Å². The van der Waals surface area contributed by atoms with E-state index in [-0.39, 0.29) is 17.5 Å². The average molecular weight is 264 g/mol. The van der Waals surface area contributed by atoms with Crippen molar-refractivity contribution >= 4 is 17.6 Å². The van der Waals surface area contributed by atoms with Crippen LogP contribution in [0.15, 0.2) is 18.2 Å². The zero-order valence-corrected chi connectivity index (χ0v) is 11.5. The molecule has 5 nitrogen and oxygen atoms in total. The molecule has 104 valence electrons. The van der Waals surface area contributed by atoms with Crippen LogP contribution in [-0.2, 0) is 4.79 Å². The number of benzene rings is 1. The topological polar surface area (TPSA) is 78.4 Å². The maximum Gasteiger partial charge on any atom is 0.337 e. The minimum Gasteiger partial charge on any atom is -0.478 e. The Hall–Kier alpha value is -2.04. The van der Waals surface area contributed by atoms with E-state index in [2.05, 4.69) is 10.6 Å². The van der Waals surface area contributed by atoms with Crippen molar-refractivity contribution in [3.63, 3.8) is 0 Å². The van der Waals surface area contributed by atoms with E-state index >= 15 is 0 Å². The molecular weight excluding hydrogens is 244 g/mol. The quantitative estimate of drug-likeness (QED) is 0.734. The normalized spacial score (nSPS) is 10.3. The van der Waals surface area contributed by atoms with Gasteiger partial charge in [-0.15, -0.1) is 0 Å². The van der Waals surface area contributed by atoms with Gasteiger partial charge in [0.2, 0.25) is 5.91 Å². The Balaban J connectivity index is 2.60. The first-order valence-corrected chi connectivity index (χ1v) is 6.27. The third-order valence-electron chi connectivity index (χ3n) is 2.52. The molecule has 0 aliphatic rings. The highest BCUT2D eigenvalue weighted by Crippen LogP contribution is 2.17. The predicted molar refractivity (Wildman–Crippen MR) is 74.5 cm³/mol. The van der Waals surface area contributed by atoms with Crippen molar-refractivity contribution in [2.45, 2.75) is 33.2 Å². The Bertz CT molecular complexity index is 470.